The minimum absolute atomic E-state index is 0.0387. The number of allylic oxidation sites excluding steroid dienone is 2. The quantitative estimate of drug-likeness (QED) is 0.578. The normalized spacial score (nSPS) is 25.8. The van der Waals surface area contributed by atoms with Crippen LogP contribution in [0.15, 0.2) is 52.4 Å². The summed E-state index contributed by atoms with van der Waals surface area (Å²) in [6.07, 6.45) is 3.38. The van der Waals surface area contributed by atoms with Gasteiger partial charge >= 0.3 is 0 Å². The molecular weight excluding hydrogens is 418 g/mol. The smallest absolute Gasteiger partial charge is 0.188 e. The van der Waals surface area contributed by atoms with Crippen LogP contribution in [0.1, 0.15) is 37.7 Å². The van der Waals surface area contributed by atoms with E-state index in [2.05, 4.69) is 0 Å². The first kappa shape index (κ1) is 19.1. The lowest BCUT2D eigenvalue weighted by atomic mass is 9.71. The van der Waals surface area contributed by atoms with Gasteiger partial charge < -0.3 is 4.74 Å². The van der Waals surface area contributed by atoms with Gasteiger partial charge in [0.15, 0.2) is 21.4 Å². The molecular formula is C22H19ClF2O3S. The summed E-state index contributed by atoms with van der Waals surface area (Å²) in [6.45, 7) is 0.0387. The third-order valence-corrected chi connectivity index (χ3v) is 9.31. The Bertz CT molecular complexity index is 1140. The van der Waals surface area contributed by atoms with Gasteiger partial charge in [0, 0.05) is 10.9 Å². The molecule has 2 saturated carbocycles. The maximum atomic E-state index is 15.1. The van der Waals surface area contributed by atoms with Crippen molar-refractivity contribution in [2.45, 2.75) is 41.7 Å². The number of halogens is 3. The van der Waals surface area contributed by atoms with Gasteiger partial charge in [-0.25, -0.2) is 17.2 Å². The fraction of sp³-hybridized carbons (Fsp3) is 0.364. The van der Waals surface area contributed by atoms with Gasteiger partial charge in [0.25, 0.3) is 0 Å². The zero-order valence-electron chi connectivity index (χ0n) is 15.6. The fourth-order valence-electron chi connectivity index (χ4n) is 4.93. The molecule has 7 heteroatoms. The van der Waals surface area contributed by atoms with Crippen molar-refractivity contribution in [3.05, 3.63) is 69.8 Å². The predicted octanol–water partition coefficient (Wildman–Crippen LogP) is 5.57. The van der Waals surface area contributed by atoms with E-state index >= 15 is 4.39 Å². The number of sulfone groups is 1. The third kappa shape index (κ3) is 2.76. The molecule has 0 N–H and O–H groups in total. The molecule has 1 aliphatic heterocycles. The molecule has 0 amide bonds. The third-order valence-electron chi connectivity index (χ3n) is 6.46. The van der Waals surface area contributed by atoms with E-state index in [4.69, 9.17) is 16.3 Å². The predicted molar refractivity (Wildman–Crippen MR) is 106 cm³/mol. The second-order valence-electron chi connectivity index (χ2n) is 8.00. The molecule has 2 aliphatic carbocycles. The number of benzene rings is 2. The van der Waals surface area contributed by atoms with Crippen LogP contribution in [0.4, 0.5) is 8.78 Å². The van der Waals surface area contributed by atoms with Crippen LogP contribution in [-0.2, 0) is 14.6 Å². The summed E-state index contributed by atoms with van der Waals surface area (Å²) in [5.74, 6) is -2.24. The van der Waals surface area contributed by atoms with Crippen LogP contribution >= 0.6 is 11.6 Å². The van der Waals surface area contributed by atoms with E-state index in [1.54, 1.807) is 0 Å². The molecule has 1 unspecified atom stereocenters. The van der Waals surface area contributed by atoms with Crippen LogP contribution in [0, 0.1) is 17.6 Å². The highest BCUT2D eigenvalue weighted by Crippen LogP contribution is 2.58. The maximum absolute atomic E-state index is 15.1. The molecule has 3 aliphatic rings. The molecule has 2 fully saturated rings. The standard InChI is InChI=1S/C22H19ClF2O3S/c23-16-3-5-17(6-4-16)29(26,27)22-10-9-14(13-1-2-13)11-15(22)12-28-21-19(25)8-7-18(24)20(21)22/h3-8,15H,1-2,9-12H2/t15-,22?/m1/s1. The van der Waals surface area contributed by atoms with Crippen LogP contribution in [0.3, 0.4) is 0 Å². The lowest BCUT2D eigenvalue weighted by molar-refractivity contribution is 0.141. The summed E-state index contributed by atoms with van der Waals surface area (Å²) in [7, 11) is -4.05. The fourth-order valence-corrected chi connectivity index (χ4v) is 7.39. The van der Waals surface area contributed by atoms with Crippen LogP contribution < -0.4 is 4.74 Å². The molecule has 2 aromatic carbocycles. The Morgan fingerprint density at radius 2 is 1.66 bits per heavy atom. The molecule has 2 atom stereocenters. The van der Waals surface area contributed by atoms with Gasteiger partial charge in [0.1, 0.15) is 10.6 Å². The lowest BCUT2D eigenvalue weighted by Gasteiger charge is -2.47. The van der Waals surface area contributed by atoms with Crippen LogP contribution in [0.25, 0.3) is 0 Å². The zero-order chi connectivity index (χ0) is 20.4. The van der Waals surface area contributed by atoms with Crippen LogP contribution in [0.2, 0.25) is 5.02 Å². The van der Waals surface area contributed by atoms with Crippen molar-refractivity contribution in [3.8, 4) is 5.75 Å². The number of hydrogen-bond acceptors (Lipinski definition) is 3. The van der Waals surface area contributed by atoms with Crippen molar-refractivity contribution < 1.29 is 21.9 Å². The molecule has 0 aromatic heterocycles. The van der Waals surface area contributed by atoms with E-state index in [0.717, 1.165) is 25.0 Å². The monoisotopic (exact) mass is 436 g/mol. The summed E-state index contributed by atoms with van der Waals surface area (Å²) in [6, 6.07) is 7.85. The molecule has 1 heterocycles. The van der Waals surface area contributed by atoms with Gasteiger partial charge in [0.2, 0.25) is 0 Å². The molecule has 5 rings (SSSR count). The van der Waals surface area contributed by atoms with Gasteiger partial charge in [-0.1, -0.05) is 22.7 Å². The first-order chi connectivity index (χ1) is 13.8. The number of ether oxygens (including phenoxy) is 1. The largest absolute Gasteiger partial charge is 0.490 e. The Morgan fingerprint density at radius 3 is 2.34 bits per heavy atom. The summed E-state index contributed by atoms with van der Waals surface area (Å²) >= 11 is 5.94. The zero-order valence-corrected chi connectivity index (χ0v) is 17.1. The Balaban J connectivity index is 1.76. The van der Waals surface area contributed by atoms with E-state index in [1.807, 2.05) is 0 Å². The van der Waals surface area contributed by atoms with Gasteiger partial charge in [-0.3, -0.25) is 0 Å². The van der Waals surface area contributed by atoms with E-state index in [1.165, 1.54) is 35.4 Å². The van der Waals surface area contributed by atoms with Gasteiger partial charge in [-0.2, -0.15) is 0 Å². The highest BCUT2D eigenvalue weighted by Gasteiger charge is 2.59. The number of fused-ring (bicyclic) bond motifs is 3. The highest BCUT2D eigenvalue weighted by molar-refractivity contribution is 7.92. The summed E-state index contributed by atoms with van der Waals surface area (Å²) in [5.41, 5.74) is 2.46. The average Bonchev–Trinajstić information content (AvgIpc) is 3.55. The summed E-state index contributed by atoms with van der Waals surface area (Å²) in [4.78, 5) is 0.0611. The molecule has 0 radical (unpaired) electrons. The summed E-state index contributed by atoms with van der Waals surface area (Å²) < 4.78 is 61.6. The Labute approximate surface area is 173 Å². The van der Waals surface area contributed by atoms with Gasteiger partial charge in [0.05, 0.1) is 17.1 Å². The van der Waals surface area contributed by atoms with E-state index in [0.29, 0.717) is 17.9 Å². The van der Waals surface area contributed by atoms with Crippen molar-refractivity contribution in [1.29, 1.82) is 0 Å². The Hall–Kier alpha value is -1.92. The number of rotatable bonds is 2. The topological polar surface area (TPSA) is 43.4 Å². The lowest BCUT2D eigenvalue weighted by Crippen LogP contribution is -2.51. The molecule has 0 saturated heterocycles. The second kappa shape index (κ2) is 6.54. The van der Waals surface area contributed by atoms with E-state index in [9.17, 15) is 12.8 Å². The molecule has 2 aromatic rings. The highest BCUT2D eigenvalue weighted by atomic mass is 35.5. The van der Waals surface area contributed by atoms with Gasteiger partial charge in [-0.05, 0) is 68.5 Å². The van der Waals surface area contributed by atoms with Crippen molar-refractivity contribution in [2.24, 2.45) is 5.92 Å². The van der Waals surface area contributed by atoms with Crippen LogP contribution in [0.5, 0.6) is 5.75 Å². The van der Waals surface area contributed by atoms with Gasteiger partial charge in [-0.15, -0.1) is 0 Å². The van der Waals surface area contributed by atoms with Crippen molar-refractivity contribution in [1.82, 2.24) is 0 Å². The SMILES string of the molecule is O=S(=O)(c1ccc(Cl)cc1)C12CCC(=C3CC3)C[C@@H]1COc1c(F)ccc(F)c12. The maximum Gasteiger partial charge on any atom is 0.188 e. The number of hydrogen-bond donors (Lipinski definition) is 0. The minimum Gasteiger partial charge on any atom is -0.490 e. The second-order valence-corrected chi connectivity index (χ2v) is 10.6. The average molecular weight is 437 g/mol. The molecule has 0 bridgehead atoms. The van der Waals surface area contributed by atoms with Crippen LogP contribution in [-0.4, -0.2) is 15.0 Å². The first-order valence-corrected chi connectivity index (χ1v) is 11.5. The molecule has 0 spiro atoms. The van der Waals surface area contributed by atoms with E-state index < -0.39 is 32.1 Å². The van der Waals surface area contributed by atoms with E-state index in [-0.39, 0.29) is 29.2 Å². The Morgan fingerprint density at radius 1 is 0.966 bits per heavy atom. The first-order valence-electron chi connectivity index (χ1n) is 9.66. The van der Waals surface area contributed by atoms with Crippen molar-refractivity contribution in [3.63, 3.8) is 0 Å². The summed E-state index contributed by atoms with van der Waals surface area (Å²) in [5, 5.41) is 0.409. The molecule has 29 heavy (non-hydrogen) atoms. The Kier molecular flexibility index (Phi) is 4.30. The van der Waals surface area contributed by atoms with Crippen molar-refractivity contribution >= 4 is 21.4 Å². The minimum atomic E-state index is -4.05. The molecule has 152 valence electrons. The van der Waals surface area contributed by atoms with Crippen molar-refractivity contribution in [2.75, 3.05) is 6.61 Å². The molecule has 3 nitrogen and oxygen atoms in total.